The van der Waals surface area contributed by atoms with Gasteiger partial charge in [0.05, 0.1) is 5.92 Å². The lowest BCUT2D eigenvalue weighted by atomic mass is 9.96. The molecule has 0 aromatic heterocycles. The monoisotopic (exact) mass is 393 g/mol. The van der Waals surface area contributed by atoms with E-state index in [1.54, 1.807) is 24.3 Å². The molecule has 1 amide bonds. The fourth-order valence-corrected chi connectivity index (χ4v) is 4.44. The van der Waals surface area contributed by atoms with Crippen LogP contribution in [0.1, 0.15) is 31.7 Å². The average molecular weight is 393 g/mol. The van der Waals surface area contributed by atoms with Crippen molar-refractivity contribution in [2.24, 2.45) is 10.3 Å². The second kappa shape index (κ2) is 8.08. The Balaban J connectivity index is 1.55. The van der Waals surface area contributed by atoms with Gasteiger partial charge in [0, 0.05) is 25.2 Å². The van der Waals surface area contributed by atoms with Crippen LogP contribution >= 0.6 is 0 Å². The Morgan fingerprint density at radius 1 is 1.26 bits per heavy atom. The van der Waals surface area contributed by atoms with Gasteiger partial charge in [-0.25, -0.2) is 0 Å². The third kappa shape index (κ3) is 4.29. The van der Waals surface area contributed by atoms with E-state index in [4.69, 9.17) is 4.74 Å². The zero-order chi connectivity index (χ0) is 19.4. The van der Waals surface area contributed by atoms with Gasteiger partial charge < -0.3 is 15.0 Å². The van der Waals surface area contributed by atoms with Crippen molar-refractivity contribution in [3.8, 4) is 0 Å². The number of rotatable bonds is 5. The summed E-state index contributed by atoms with van der Waals surface area (Å²) in [5.74, 6) is -0.544. The first-order valence-electron chi connectivity index (χ1n) is 9.05. The van der Waals surface area contributed by atoms with Crippen LogP contribution in [-0.4, -0.2) is 57.3 Å². The average Bonchev–Trinajstić information content (AvgIpc) is 2.96. The molecular formula is C18H23N3O5S. The van der Waals surface area contributed by atoms with Crippen molar-refractivity contribution in [1.29, 1.82) is 0 Å². The van der Waals surface area contributed by atoms with E-state index in [9.17, 15) is 18.0 Å². The lowest BCUT2D eigenvalue weighted by molar-refractivity contribution is -0.153. The van der Waals surface area contributed by atoms with Gasteiger partial charge in [-0.1, -0.05) is 19.1 Å². The van der Waals surface area contributed by atoms with Crippen molar-refractivity contribution >= 4 is 27.7 Å². The highest BCUT2D eigenvalue weighted by atomic mass is 32.2. The Hall–Kier alpha value is -2.42. The summed E-state index contributed by atoms with van der Waals surface area (Å²) in [4.78, 5) is 25.8. The molecule has 146 valence electrons. The Morgan fingerprint density at radius 3 is 2.67 bits per heavy atom. The molecule has 0 saturated carbocycles. The summed E-state index contributed by atoms with van der Waals surface area (Å²) in [6.07, 6.45) is 1.87. The number of hydrogen-bond acceptors (Lipinski definition) is 6. The van der Waals surface area contributed by atoms with Crippen LogP contribution in [0.4, 0.5) is 0 Å². The first-order valence-corrected chi connectivity index (χ1v) is 10.5. The van der Waals surface area contributed by atoms with Gasteiger partial charge in [-0.05, 0) is 31.4 Å². The molecule has 1 aromatic rings. The second-order valence-electron chi connectivity index (χ2n) is 6.61. The molecular weight excluding hydrogens is 370 g/mol. The van der Waals surface area contributed by atoms with Crippen molar-refractivity contribution in [3.05, 3.63) is 29.8 Å². The van der Waals surface area contributed by atoms with Crippen LogP contribution in [0.15, 0.2) is 33.6 Å². The van der Waals surface area contributed by atoms with Crippen molar-refractivity contribution < 1.29 is 22.7 Å². The molecule has 0 bridgehead atoms. The zero-order valence-electron chi connectivity index (χ0n) is 15.2. The van der Waals surface area contributed by atoms with Gasteiger partial charge in [-0.2, -0.15) is 8.42 Å². The largest absolute Gasteiger partial charge is 0.455 e. The summed E-state index contributed by atoms with van der Waals surface area (Å²) in [6, 6.07) is 6.75. The van der Waals surface area contributed by atoms with Gasteiger partial charge in [-0.3, -0.25) is 9.59 Å². The zero-order valence-corrected chi connectivity index (χ0v) is 16.0. The smallest absolute Gasteiger partial charge is 0.309 e. The van der Waals surface area contributed by atoms with Gasteiger partial charge >= 0.3 is 5.97 Å². The van der Waals surface area contributed by atoms with Crippen LogP contribution in [0.2, 0.25) is 0 Å². The number of amides is 1. The molecule has 0 radical (unpaired) electrons. The number of nitrogens with zero attached hydrogens (tertiary/aromatic N) is 2. The van der Waals surface area contributed by atoms with E-state index in [0.29, 0.717) is 43.9 Å². The molecule has 1 fully saturated rings. The molecule has 0 aliphatic carbocycles. The van der Waals surface area contributed by atoms with Crippen LogP contribution < -0.4 is 5.32 Å². The lowest BCUT2D eigenvalue weighted by Gasteiger charge is -2.32. The molecule has 2 aliphatic heterocycles. The molecule has 1 aromatic carbocycles. The van der Waals surface area contributed by atoms with Crippen LogP contribution in [0.3, 0.4) is 0 Å². The number of piperidine rings is 1. The Bertz CT molecular complexity index is 858. The maximum atomic E-state index is 12.2. The fraction of sp³-hybridized carbons (Fsp3) is 0.500. The molecule has 9 heteroatoms. The van der Waals surface area contributed by atoms with Gasteiger partial charge in [0.1, 0.15) is 4.90 Å². The van der Waals surface area contributed by atoms with Crippen LogP contribution in [0.25, 0.3) is 0 Å². The van der Waals surface area contributed by atoms with Crippen LogP contribution in [0, 0.1) is 5.92 Å². The topological polar surface area (TPSA) is 105 Å². The van der Waals surface area contributed by atoms with Crippen LogP contribution in [0.5, 0.6) is 0 Å². The molecule has 1 saturated heterocycles. The van der Waals surface area contributed by atoms with Gasteiger partial charge in [-0.15, -0.1) is 4.40 Å². The first-order chi connectivity index (χ1) is 12.9. The number of fused-ring (bicyclic) bond motifs is 1. The van der Waals surface area contributed by atoms with Gasteiger partial charge in [0.2, 0.25) is 0 Å². The van der Waals surface area contributed by atoms with Gasteiger partial charge in [0.25, 0.3) is 15.9 Å². The molecule has 2 heterocycles. The fourth-order valence-electron chi connectivity index (χ4n) is 3.21. The minimum Gasteiger partial charge on any atom is -0.455 e. The molecule has 0 atom stereocenters. The minimum absolute atomic E-state index is 0.222. The number of likely N-dealkylation sites (tertiary alicyclic amines) is 1. The van der Waals surface area contributed by atoms with E-state index >= 15 is 0 Å². The molecule has 0 unspecified atom stereocenters. The molecule has 27 heavy (non-hydrogen) atoms. The van der Waals surface area contributed by atoms with E-state index < -0.39 is 10.0 Å². The normalized spacial score (nSPS) is 18.6. The number of nitrogens with one attached hydrogen (secondary N) is 1. The van der Waals surface area contributed by atoms with E-state index in [1.807, 2.05) is 11.8 Å². The van der Waals surface area contributed by atoms with Crippen molar-refractivity contribution in [2.75, 3.05) is 26.2 Å². The van der Waals surface area contributed by atoms with Crippen LogP contribution in [-0.2, 0) is 24.3 Å². The number of hydrogen-bond donors (Lipinski definition) is 1. The highest BCUT2D eigenvalue weighted by Gasteiger charge is 2.34. The summed E-state index contributed by atoms with van der Waals surface area (Å²) in [7, 11) is -3.65. The van der Waals surface area contributed by atoms with Crippen molar-refractivity contribution in [2.45, 2.75) is 31.1 Å². The lowest BCUT2D eigenvalue weighted by Crippen LogP contribution is -2.41. The maximum absolute atomic E-state index is 12.2. The number of ether oxygens (including phenoxy) is 1. The first kappa shape index (κ1) is 19.3. The molecule has 1 N–H and O–H groups in total. The molecule has 3 rings (SSSR count). The van der Waals surface area contributed by atoms with E-state index in [1.165, 1.54) is 0 Å². The Kier molecular flexibility index (Phi) is 5.79. The highest BCUT2D eigenvalue weighted by molar-refractivity contribution is 7.90. The minimum atomic E-state index is -3.65. The Labute approximate surface area is 158 Å². The quantitative estimate of drug-likeness (QED) is 0.746. The predicted octanol–water partition coefficient (Wildman–Crippen LogP) is 0.917. The summed E-state index contributed by atoms with van der Waals surface area (Å²) < 4.78 is 33.4. The Morgan fingerprint density at radius 2 is 1.96 bits per heavy atom. The second-order valence-corrected chi connectivity index (χ2v) is 8.18. The molecule has 0 spiro atoms. The third-order valence-electron chi connectivity index (χ3n) is 4.66. The summed E-state index contributed by atoms with van der Waals surface area (Å²) >= 11 is 0. The number of amidine groups is 1. The van der Waals surface area contributed by atoms with Crippen molar-refractivity contribution in [1.82, 2.24) is 10.2 Å². The summed E-state index contributed by atoms with van der Waals surface area (Å²) in [5, 5.41) is 2.65. The molecule has 8 nitrogen and oxygen atoms in total. The van der Waals surface area contributed by atoms with Crippen molar-refractivity contribution in [3.63, 3.8) is 0 Å². The van der Waals surface area contributed by atoms with E-state index in [-0.39, 0.29) is 29.3 Å². The standard InChI is InChI=1S/C18H23N3O5S/c1-2-9-19-16(22)12-26-18(23)13-7-10-21(11-8-13)17-14-5-3-4-6-15(14)27(24,25)20-17/h3-6,13H,2,7-12H2,1H3,(H,19,22). The number of carbonyl (C=O) groups is 2. The predicted molar refractivity (Wildman–Crippen MR) is 98.7 cm³/mol. The number of carbonyl (C=O) groups excluding carboxylic acids is 2. The SMILES string of the molecule is CCCNC(=O)COC(=O)C1CCN(C2=NS(=O)(=O)c3ccccc32)CC1. The number of benzene rings is 1. The number of esters is 1. The summed E-state index contributed by atoms with van der Waals surface area (Å²) in [6.45, 7) is 3.24. The summed E-state index contributed by atoms with van der Waals surface area (Å²) in [5.41, 5.74) is 0.603. The maximum Gasteiger partial charge on any atom is 0.309 e. The number of sulfonamides is 1. The molecule has 2 aliphatic rings. The third-order valence-corrected chi connectivity index (χ3v) is 5.98. The van der Waals surface area contributed by atoms with Gasteiger partial charge in [0.15, 0.2) is 12.4 Å². The van der Waals surface area contributed by atoms with E-state index in [2.05, 4.69) is 9.71 Å². The highest BCUT2D eigenvalue weighted by Crippen LogP contribution is 2.29. The van der Waals surface area contributed by atoms with E-state index in [0.717, 1.165) is 6.42 Å².